The maximum Gasteiger partial charge on any atom is -0.0340 e. The summed E-state index contributed by atoms with van der Waals surface area (Å²) in [6.07, 6.45) is 2.80. The zero-order valence-electron chi connectivity index (χ0n) is 14.7. The molecule has 3 rings (SSSR count). The number of benzene rings is 1. The Hall–Kier alpha value is 0.470. The summed E-state index contributed by atoms with van der Waals surface area (Å²) >= 11 is 1.74. The van der Waals surface area contributed by atoms with E-state index in [0.717, 1.165) is 5.92 Å². The second-order valence-electron chi connectivity index (χ2n) is 6.94. The smallest absolute Gasteiger partial charge is 0.0340 e. The van der Waals surface area contributed by atoms with Crippen molar-refractivity contribution in [2.75, 3.05) is 0 Å². The fraction of sp³-hybridized carbons (Fsp3) is 0.500. The van der Waals surface area contributed by atoms with Crippen LogP contribution in [0.2, 0.25) is 13.1 Å². The van der Waals surface area contributed by atoms with Crippen molar-refractivity contribution in [3.8, 4) is 0 Å². The molecule has 1 saturated carbocycles. The van der Waals surface area contributed by atoms with Crippen LogP contribution in [0.1, 0.15) is 45.1 Å². The molecule has 0 atom stereocenters. The predicted molar refractivity (Wildman–Crippen MR) is 93.1 cm³/mol. The SMILES string of the molecule is CC(C)(C)[NH-].C[Si](C)=[Zr+2].[Cl-].[Cl-].c1ccc2[cH-]c(C3CC3)cc2c1. The van der Waals surface area contributed by atoms with E-state index in [2.05, 4.69) is 49.5 Å². The fourth-order valence-corrected chi connectivity index (χ4v) is 1.83. The van der Waals surface area contributed by atoms with Gasteiger partial charge in [-0.05, 0) is 18.8 Å². The summed E-state index contributed by atoms with van der Waals surface area (Å²) in [6, 6.07) is 13.3. The second-order valence-corrected chi connectivity index (χ2v) is 16.3. The van der Waals surface area contributed by atoms with Gasteiger partial charge >= 0.3 is 41.9 Å². The molecule has 0 radical (unpaired) electrons. The topological polar surface area (TPSA) is 23.8 Å². The van der Waals surface area contributed by atoms with Gasteiger partial charge in [-0.1, -0.05) is 26.8 Å². The van der Waals surface area contributed by atoms with Gasteiger partial charge in [0.05, 0.1) is 0 Å². The fourth-order valence-electron chi connectivity index (χ4n) is 1.83. The molecule has 128 valence electrons. The van der Waals surface area contributed by atoms with Crippen LogP contribution in [0.3, 0.4) is 0 Å². The predicted octanol–water partition coefficient (Wildman–Crippen LogP) is 0.0655. The Balaban J connectivity index is 0. The van der Waals surface area contributed by atoms with E-state index in [0.29, 0.717) is 0 Å². The van der Waals surface area contributed by atoms with Gasteiger partial charge in [0.1, 0.15) is 0 Å². The largest absolute Gasteiger partial charge is 1.00 e. The monoisotopic (exact) mass is 445 g/mol. The first-order chi connectivity index (χ1) is 9.66. The van der Waals surface area contributed by atoms with Gasteiger partial charge in [-0.25, -0.2) is 0 Å². The average molecular weight is 448 g/mol. The molecule has 1 nitrogen and oxygen atoms in total. The van der Waals surface area contributed by atoms with Crippen molar-refractivity contribution in [3.05, 3.63) is 47.7 Å². The number of rotatable bonds is 1. The van der Waals surface area contributed by atoms with E-state index in [-0.39, 0.29) is 35.8 Å². The van der Waals surface area contributed by atoms with Crippen molar-refractivity contribution >= 4 is 16.2 Å². The normalized spacial score (nSPS) is 12.7. The van der Waals surface area contributed by atoms with E-state index in [9.17, 15) is 0 Å². The zero-order valence-corrected chi connectivity index (χ0v) is 19.7. The van der Waals surface area contributed by atoms with E-state index in [1.165, 1.54) is 23.6 Å². The molecule has 0 saturated heterocycles. The van der Waals surface area contributed by atoms with Crippen LogP contribution in [0.15, 0.2) is 36.4 Å². The van der Waals surface area contributed by atoms with Gasteiger partial charge in [-0.3, -0.25) is 0 Å². The third kappa shape index (κ3) is 13.4. The molecule has 5 heteroatoms. The quantitative estimate of drug-likeness (QED) is 0.436. The Morgan fingerprint density at radius 1 is 1.13 bits per heavy atom. The van der Waals surface area contributed by atoms with Crippen LogP contribution in [0.5, 0.6) is 0 Å². The van der Waals surface area contributed by atoms with Gasteiger partial charge in [0.15, 0.2) is 0 Å². The molecule has 1 aliphatic rings. The van der Waals surface area contributed by atoms with Gasteiger partial charge in [0.25, 0.3) is 0 Å². The van der Waals surface area contributed by atoms with Crippen LogP contribution >= 0.6 is 0 Å². The molecule has 1 fully saturated rings. The average Bonchev–Trinajstić information content (AvgIpc) is 3.06. The van der Waals surface area contributed by atoms with Crippen molar-refractivity contribution in [2.45, 2.75) is 58.2 Å². The zero-order chi connectivity index (χ0) is 16.0. The Morgan fingerprint density at radius 3 is 1.96 bits per heavy atom. The Labute approximate surface area is 169 Å². The van der Waals surface area contributed by atoms with Crippen LogP contribution in [0.4, 0.5) is 0 Å². The van der Waals surface area contributed by atoms with Gasteiger partial charge in [0, 0.05) is 0 Å². The molecule has 2 aromatic carbocycles. The van der Waals surface area contributed by atoms with Gasteiger partial charge in [0.2, 0.25) is 0 Å². The molecule has 0 aliphatic heterocycles. The summed E-state index contributed by atoms with van der Waals surface area (Å²) in [5.74, 6) is 0.886. The summed E-state index contributed by atoms with van der Waals surface area (Å²) in [7, 11) is 0. The summed E-state index contributed by atoms with van der Waals surface area (Å²) in [5.41, 5.74) is 8.45. The van der Waals surface area contributed by atoms with Crippen molar-refractivity contribution in [3.63, 3.8) is 0 Å². The van der Waals surface area contributed by atoms with Gasteiger partial charge in [-0.15, -0.1) is 46.1 Å². The molecule has 23 heavy (non-hydrogen) atoms. The Kier molecular flexibility index (Phi) is 13.3. The standard InChI is InChI=1S/C12H11.C4H10N.C2H6Si.2ClH.Zr/c1-2-4-11-8-12(9-5-6-9)7-10(11)3-1;1-4(2,3)5;1-3-2;;;/h1-4,7-9H,5-6H2;5H,1-3H3;1-2H3;2*1H;/q2*-1;;;;+2/p-2. The first-order valence-electron chi connectivity index (χ1n) is 7.59. The molecule has 0 unspecified atom stereocenters. The van der Waals surface area contributed by atoms with Crippen LogP contribution in [-0.4, -0.2) is 11.0 Å². The maximum absolute atomic E-state index is 6.94. The third-order valence-corrected chi connectivity index (χ3v) is 2.69. The van der Waals surface area contributed by atoms with E-state index in [1.807, 2.05) is 20.8 Å². The first-order valence-corrected chi connectivity index (χ1v) is 13.8. The molecule has 1 aliphatic carbocycles. The third-order valence-electron chi connectivity index (χ3n) is 2.69. The van der Waals surface area contributed by atoms with Crippen molar-refractivity contribution < 1.29 is 48.1 Å². The molecule has 1 N–H and O–H groups in total. The van der Waals surface area contributed by atoms with E-state index < -0.39 is 0 Å². The molecule has 0 aromatic heterocycles. The first kappa shape index (κ1) is 25.7. The molecule has 0 amide bonds. The maximum atomic E-state index is 6.94. The number of hydrogen-bond acceptors (Lipinski definition) is 0. The number of hydrogen-bond donors (Lipinski definition) is 0. The van der Waals surface area contributed by atoms with Crippen molar-refractivity contribution in [1.29, 1.82) is 0 Å². The molecule has 0 bridgehead atoms. The Bertz CT molecular complexity index is 543. The molecule has 2 aromatic rings. The van der Waals surface area contributed by atoms with E-state index in [1.54, 1.807) is 28.9 Å². The van der Waals surface area contributed by atoms with Crippen molar-refractivity contribution in [1.82, 2.24) is 0 Å². The van der Waals surface area contributed by atoms with Crippen LogP contribution < -0.4 is 24.8 Å². The van der Waals surface area contributed by atoms with Gasteiger partial charge in [-0.2, -0.15) is 6.07 Å². The van der Waals surface area contributed by atoms with E-state index >= 15 is 0 Å². The second kappa shape index (κ2) is 11.9. The molecular formula is C18H27Cl2NSiZr-2. The minimum absolute atomic E-state index is 0. The summed E-state index contributed by atoms with van der Waals surface area (Å²) in [4.78, 5) is 0. The minimum atomic E-state index is -0.250. The number of fused-ring (bicyclic) bond motifs is 1. The summed E-state index contributed by atoms with van der Waals surface area (Å²) in [5, 5.41) is 2.80. The molecule has 0 heterocycles. The number of nitrogens with one attached hydrogen (secondary N) is 1. The number of halogens is 2. The van der Waals surface area contributed by atoms with Crippen LogP contribution in [0, 0.1) is 0 Å². The Morgan fingerprint density at radius 2 is 1.57 bits per heavy atom. The van der Waals surface area contributed by atoms with E-state index in [4.69, 9.17) is 5.73 Å². The molecular weight excluding hydrogens is 420 g/mol. The minimum Gasteiger partial charge on any atom is -1.00 e. The summed E-state index contributed by atoms with van der Waals surface area (Å²) in [6.45, 7) is 10.2. The van der Waals surface area contributed by atoms with Crippen LogP contribution in [-0.2, 0) is 23.3 Å². The summed E-state index contributed by atoms with van der Waals surface area (Å²) < 4.78 is 0. The van der Waals surface area contributed by atoms with Crippen molar-refractivity contribution in [2.24, 2.45) is 0 Å². The van der Waals surface area contributed by atoms with Gasteiger partial charge < -0.3 is 30.5 Å². The van der Waals surface area contributed by atoms with Crippen LogP contribution in [0.25, 0.3) is 16.5 Å². The molecule has 0 spiro atoms.